The monoisotopic (exact) mass is 453 g/mol. The average Bonchev–Trinajstić information content (AvgIpc) is 2.89. The van der Waals surface area contributed by atoms with E-state index in [2.05, 4.69) is 15.6 Å². The lowest BCUT2D eigenvalue weighted by atomic mass is 10.1. The first kappa shape index (κ1) is 22.5. The van der Waals surface area contributed by atoms with Gasteiger partial charge in [-0.1, -0.05) is 18.2 Å². The summed E-state index contributed by atoms with van der Waals surface area (Å²) < 4.78 is 11.3. The number of carbonyl (C=O) groups is 2. The van der Waals surface area contributed by atoms with Gasteiger partial charge in [-0.15, -0.1) is 0 Å². The minimum Gasteiger partial charge on any atom is -0.493 e. The summed E-state index contributed by atoms with van der Waals surface area (Å²) in [4.78, 5) is 29.0. The van der Waals surface area contributed by atoms with Gasteiger partial charge in [-0.25, -0.2) is 0 Å². The van der Waals surface area contributed by atoms with Crippen molar-refractivity contribution in [2.75, 3.05) is 17.7 Å². The Bertz CT molecular complexity index is 1260. The number of ether oxygens (including phenoxy) is 2. The molecule has 0 spiro atoms. The molecule has 0 saturated carbocycles. The third kappa shape index (κ3) is 5.77. The second-order valence-electron chi connectivity index (χ2n) is 7.36. The molecule has 0 aliphatic rings. The van der Waals surface area contributed by atoms with Crippen LogP contribution in [-0.4, -0.2) is 23.9 Å². The maximum Gasteiger partial charge on any atom is 0.255 e. The molecule has 0 radical (unpaired) electrons. The Labute approximate surface area is 197 Å². The number of methoxy groups -OCH3 is 1. The van der Waals surface area contributed by atoms with Gasteiger partial charge in [-0.2, -0.15) is 0 Å². The molecule has 3 aromatic carbocycles. The van der Waals surface area contributed by atoms with Gasteiger partial charge in [0.25, 0.3) is 11.8 Å². The average molecular weight is 453 g/mol. The van der Waals surface area contributed by atoms with Gasteiger partial charge in [-0.05, 0) is 66.2 Å². The largest absolute Gasteiger partial charge is 0.493 e. The van der Waals surface area contributed by atoms with Crippen LogP contribution in [-0.2, 0) is 6.61 Å². The zero-order valence-corrected chi connectivity index (χ0v) is 18.5. The van der Waals surface area contributed by atoms with Crippen LogP contribution in [0.4, 0.5) is 11.4 Å². The summed E-state index contributed by atoms with van der Waals surface area (Å²) in [6.45, 7) is 0.340. The van der Waals surface area contributed by atoms with Crippen molar-refractivity contribution in [3.63, 3.8) is 0 Å². The highest BCUT2D eigenvalue weighted by molar-refractivity contribution is 6.06. The number of nitrogens with zero attached hydrogens (tertiary/aromatic N) is 1. The van der Waals surface area contributed by atoms with Gasteiger partial charge >= 0.3 is 0 Å². The molecule has 2 N–H and O–H groups in total. The summed E-state index contributed by atoms with van der Waals surface area (Å²) in [6.07, 6.45) is 3.40. The van der Waals surface area contributed by atoms with Crippen LogP contribution in [0.1, 0.15) is 26.3 Å². The maximum absolute atomic E-state index is 12.7. The molecule has 0 bridgehead atoms. The Morgan fingerprint density at radius 1 is 0.735 bits per heavy atom. The summed E-state index contributed by atoms with van der Waals surface area (Å²) in [5.74, 6) is 0.572. The maximum atomic E-state index is 12.7. The summed E-state index contributed by atoms with van der Waals surface area (Å²) in [5.41, 5.74) is 3.14. The minimum absolute atomic E-state index is 0.213. The van der Waals surface area contributed by atoms with E-state index in [0.29, 0.717) is 40.6 Å². The number of hydrogen-bond acceptors (Lipinski definition) is 5. The van der Waals surface area contributed by atoms with E-state index in [1.807, 2.05) is 18.2 Å². The Balaban J connectivity index is 1.40. The van der Waals surface area contributed by atoms with E-state index in [4.69, 9.17) is 9.47 Å². The third-order valence-electron chi connectivity index (χ3n) is 5.01. The van der Waals surface area contributed by atoms with Gasteiger partial charge in [0, 0.05) is 41.0 Å². The fourth-order valence-electron chi connectivity index (χ4n) is 3.21. The van der Waals surface area contributed by atoms with Crippen LogP contribution < -0.4 is 20.1 Å². The van der Waals surface area contributed by atoms with Gasteiger partial charge in [-0.3, -0.25) is 14.6 Å². The number of benzene rings is 3. The fraction of sp³-hybridized carbons (Fsp3) is 0.0741. The Hall–Kier alpha value is -4.65. The van der Waals surface area contributed by atoms with Crippen molar-refractivity contribution in [1.29, 1.82) is 0 Å². The van der Waals surface area contributed by atoms with Gasteiger partial charge in [0.15, 0.2) is 11.5 Å². The zero-order valence-electron chi connectivity index (χ0n) is 18.5. The molecule has 0 unspecified atom stereocenters. The number of pyridine rings is 1. The molecule has 1 aromatic heterocycles. The predicted octanol–water partition coefficient (Wildman–Crippen LogP) is 5.17. The van der Waals surface area contributed by atoms with Crippen molar-refractivity contribution >= 4 is 23.2 Å². The third-order valence-corrected chi connectivity index (χ3v) is 5.01. The predicted molar refractivity (Wildman–Crippen MR) is 130 cm³/mol. The Morgan fingerprint density at radius 2 is 1.35 bits per heavy atom. The smallest absolute Gasteiger partial charge is 0.255 e. The summed E-state index contributed by atoms with van der Waals surface area (Å²) in [5, 5.41) is 5.68. The first-order valence-electron chi connectivity index (χ1n) is 10.6. The molecule has 170 valence electrons. The van der Waals surface area contributed by atoms with Crippen molar-refractivity contribution < 1.29 is 19.1 Å². The number of nitrogens with one attached hydrogen (secondary N) is 2. The number of carbonyl (C=O) groups excluding carboxylic acids is 2. The fourth-order valence-corrected chi connectivity index (χ4v) is 3.21. The van der Waals surface area contributed by atoms with Crippen LogP contribution in [0.5, 0.6) is 11.5 Å². The molecule has 0 fully saturated rings. The number of anilines is 2. The van der Waals surface area contributed by atoms with E-state index in [1.54, 1.807) is 86.2 Å². The molecule has 0 atom stereocenters. The van der Waals surface area contributed by atoms with Crippen LogP contribution in [0, 0.1) is 0 Å². The van der Waals surface area contributed by atoms with E-state index >= 15 is 0 Å². The quantitative estimate of drug-likeness (QED) is 0.384. The van der Waals surface area contributed by atoms with E-state index in [0.717, 1.165) is 5.56 Å². The van der Waals surface area contributed by atoms with Crippen molar-refractivity contribution in [3.8, 4) is 11.5 Å². The molecule has 1 heterocycles. The van der Waals surface area contributed by atoms with Crippen molar-refractivity contribution in [2.24, 2.45) is 0 Å². The first-order valence-corrected chi connectivity index (χ1v) is 10.6. The Kier molecular flexibility index (Phi) is 7.15. The van der Waals surface area contributed by atoms with Crippen molar-refractivity contribution in [3.05, 3.63) is 114 Å². The van der Waals surface area contributed by atoms with Crippen molar-refractivity contribution in [2.45, 2.75) is 6.61 Å². The van der Waals surface area contributed by atoms with Gasteiger partial charge in [0.05, 0.1) is 7.11 Å². The minimum atomic E-state index is -0.286. The molecule has 4 rings (SSSR count). The SMILES string of the molecule is COc1ccc(NC(=O)c2ccc(NC(=O)c3ccccc3)cc2)cc1OCc1ccncc1. The van der Waals surface area contributed by atoms with E-state index in [1.165, 1.54) is 0 Å². The standard InChI is InChI=1S/C27H23N3O4/c1-33-24-12-11-23(17-25(24)34-18-19-13-15-28-16-14-19)30-27(32)21-7-9-22(10-8-21)29-26(31)20-5-3-2-4-6-20/h2-17H,18H2,1H3,(H,29,31)(H,30,32). The highest BCUT2D eigenvalue weighted by Crippen LogP contribution is 2.31. The summed E-state index contributed by atoms with van der Waals surface area (Å²) in [7, 11) is 1.56. The summed E-state index contributed by atoms with van der Waals surface area (Å²) in [6, 6.07) is 24.5. The number of rotatable bonds is 8. The molecule has 4 aromatic rings. The molecular weight excluding hydrogens is 430 g/mol. The number of aromatic nitrogens is 1. The van der Waals surface area contributed by atoms with Crippen LogP contribution in [0.3, 0.4) is 0 Å². The first-order chi connectivity index (χ1) is 16.6. The van der Waals surface area contributed by atoms with E-state index < -0.39 is 0 Å². The normalized spacial score (nSPS) is 10.3. The Morgan fingerprint density at radius 3 is 2.03 bits per heavy atom. The van der Waals surface area contributed by atoms with E-state index in [9.17, 15) is 9.59 Å². The molecular formula is C27H23N3O4. The molecule has 0 saturated heterocycles. The van der Waals surface area contributed by atoms with Gasteiger partial charge < -0.3 is 20.1 Å². The summed E-state index contributed by atoms with van der Waals surface area (Å²) >= 11 is 0. The number of amides is 2. The zero-order chi connectivity index (χ0) is 23.8. The molecule has 7 heteroatoms. The van der Waals surface area contributed by atoms with Crippen LogP contribution >= 0.6 is 0 Å². The van der Waals surface area contributed by atoms with Crippen molar-refractivity contribution in [1.82, 2.24) is 4.98 Å². The lowest BCUT2D eigenvalue weighted by molar-refractivity contribution is 0.102. The van der Waals surface area contributed by atoms with Gasteiger partial charge in [0.2, 0.25) is 0 Å². The highest BCUT2D eigenvalue weighted by atomic mass is 16.5. The van der Waals surface area contributed by atoms with E-state index in [-0.39, 0.29) is 11.8 Å². The van der Waals surface area contributed by atoms with Crippen LogP contribution in [0.25, 0.3) is 0 Å². The highest BCUT2D eigenvalue weighted by Gasteiger charge is 2.11. The number of hydrogen-bond donors (Lipinski definition) is 2. The van der Waals surface area contributed by atoms with Gasteiger partial charge in [0.1, 0.15) is 6.61 Å². The van der Waals surface area contributed by atoms with Crippen LogP contribution in [0.2, 0.25) is 0 Å². The molecule has 0 aliphatic carbocycles. The molecule has 7 nitrogen and oxygen atoms in total. The molecule has 0 aliphatic heterocycles. The lowest BCUT2D eigenvalue weighted by Gasteiger charge is -2.13. The molecule has 34 heavy (non-hydrogen) atoms. The lowest BCUT2D eigenvalue weighted by Crippen LogP contribution is -2.13. The topological polar surface area (TPSA) is 89.6 Å². The van der Waals surface area contributed by atoms with Crippen LogP contribution in [0.15, 0.2) is 97.3 Å². The second kappa shape index (κ2) is 10.8. The molecule has 2 amide bonds. The second-order valence-corrected chi connectivity index (χ2v) is 7.36.